The van der Waals surface area contributed by atoms with Gasteiger partial charge in [0.2, 0.25) is 0 Å². The highest BCUT2D eigenvalue weighted by atomic mass is 16.5. The van der Waals surface area contributed by atoms with Gasteiger partial charge in [0, 0.05) is 0 Å². The number of ether oxygens (including phenoxy) is 1. The van der Waals surface area contributed by atoms with Crippen molar-refractivity contribution in [2.75, 3.05) is 0 Å². The molecular formula is C18H24O2. The van der Waals surface area contributed by atoms with Crippen LogP contribution in [0.5, 0.6) is 0 Å². The molecule has 108 valence electrons. The van der Waals surface area contributed by atoms with Crippen LogP contribution in [0.25, 0.3) is 0 Å². The number of carbonyl (C=O) groups is 1. The first-order valence-electron chi connectivity index (χ1n) is 7.17. The molecule has 0 aliphatic rings. The van der Waals surface area contributed by atoms with E-state index in [9.17, 15) is 4.79 Å². The van der Waals surface area contributed by atoms with Gasteiger partial charge in [-0.1, -0.05) is 62.8 Å². The molecule has 0 fully saturated rings. The molecule has 0 saturated carbocycles. The average Bonchev–Trinajstić information content (AvgIpc) is 2.46. The summed E-state index contributed by atoms with van der Waals surface area (Å²) in [5.41, 5.74) is 2.02. The van der Waals surface area contributed by atoms with Crippen LogP contribution in [-0.2, 0) is 16.0 Å². The smallest absolute Gasteiger partial charge is 0.315 e. The maximum absolute atomic E-state index is 11.7. The zero-order valence-corrected chi connectivity index (χ0v) is 12.6. The third kappa shape index (κ3) is 6.93. The van der Waals surface area contributed by atoms with E-state index in [4.69, 9.17) is 4.74 Å². The van der Waals surface area contributed by atoms with Crippen molar-refractivity contribution >= 4 is 5.97 Å². The van der Waals surface area contributed by atoms with Crippen LogP contribution in [0.1, 0.15) is 39.2 Å². The molecule has 1 unspecified atom stereocenters. The third-order valence-electron chi connectivity index (χ3n) is 3.13. The molecule has 1 rings (SSSR count). The SMILES string of the molecule is CCC(C)/C=C/C/C(C)=C/OC(=O)Cc1ccccc1. The summed E-state index contributed by atoms with van der Waals surface area (Å²) in [4.78, 5) is 11.7. The van der Waals surface area contributed by atoms with E-state index in [0.29, 0.717) is 12.3 Å². The molecule has 1 atom stereocenters. The highest BCUT2D eigenvalue weighted by Gasteiger charge is 2.02. The second-order valence-electron chi connectivity index (χ2n) is 5.13. The molecule has 1 aromatic rings. The predicted molar refractivity (Wildman–Crippen MR) is 83.2 cm³/mol. The van der Waals surface area contributed by atoms with Crippen LogP contribution < -0.4 is 0 Å². The van der Waals surface area contributed by atoms with E-state index in [2.05, 4.69) is 26.0 Å². The highest BCUT2D eigenvalue weighted by molar-refractivity contribution is 5.73. The minimum Gasteiger partial charge on any atom is -0.434 e. The Hall–Kier alpha value is -1.83. The van der Waals surface area contributed by atoms with Gasteiger partial charge < -0.3 is 4.74 Å². The molecule has 2 heteroatoms. The maximum Gasteiger partial charge on any atom is 0.315 e. The van der Waals surface area contributed by atoms with E-state index in [1.165, 1.54) is 0 Å². The highest BCUT2D eigenvalue weighted by Crippen LogP contribution is 2.07. The summed E-state index contributed by atoms with van der Waals surface area (Å²) < 4.78 is 5.16. The Kier molecular flexibility index (Phi) is 7.41. The molecule has 0 amide bonds. The first-order valence-corrected chi connectivity index (χ1v) is 7.17. The van der Waals surface area contributed by atoms with Crippen molar-refractivity contribution in [3.05, 3.63) is 59.9 Å². The molecule has 0 aliphatic carbocycles. The number of benzene rings is 1. The summed E-state index contributed by atoms with van der Waals surface area (Å²) in [7, 11) is 0. The lowest BCUT2D eigenvalue weighted by Gasteiger charge is -2.02. The normalized spacial score (nSPS) is 13.4. The van der Waals surface area contributed by atoms with Crippen LogP contribution in [0, 0.1) is 5.92 Å². The second-order valence-corrected chi connectivity index (χ2v) is 5.13. The predicted octanol–water partition coefficient (Wildman–Crippen LogP) is 4.67. The van der Waals surface area contributed by atoms with Gasteiger partial charge in [-0.2, -0.15) is 0 Å². The Labute approximate surface area is 122 Å². The van der Waals surface area contributed by atoms with Crippen LogP contribution in [0.4, 0.5) is 0 Å². The van der Waals surface area contributed by atoms with E-state index >= 15 is 0 Å². The van der Waals surface area contributed by atoms with Crippen molar-refractivity contribution in [1.29, 1.82) is 0 Å². The van der Waals surface area contributed by atoms with E-state index in [0.717, 1.165) is 24.0 Å². The fourth-order valence-corrected chi connectivity index (χ4v) is 1.64. The number of esters is 1. The van der Waals surface area contributed by atoms with Crippen molar-refractivity contribution in [3.8, 4) is 0 Å². The molecule has 1 aromatic carbocycles. The monoisotopic (exact) mass is 272 g/mol. The molecule has 0 spiro atoms. The summed E-state index contributed by atoms with van der Waals surface area (Å²) in [6.45, 7) is 6.33. The number of hydrogen-bond acceptors (Lipinski definition) is 2. The van der Waals surface area contributed by atoms with E-state index in [1.807, 2.05) is 37.3 Å². The number of allylic oxidation sites excluding steroid dienone is 3. The number of hydrogen-bond donors (Lipinski definition) is 0. The van der Waals surface area contributed by atoms with Crippen molar-refractivity contribution < 1.29 is 9.53 Å². The van der Waals surface area contributed by atoms with Gasteiger partial charge in [-0.25, -0.2) is 0 Å². The quantitative estimate of drug-likeness (QED) is 0.409. The molecule has 0 heterocycles. The molecular weight excluding hydrogens is 248 g/mol. The van der Waals surface area contributed by atoms with Crippen LogP contribution >= 0.6 is 0 Å². The first kappa shape index (κ1) is 16.2. The Bertz CT molecular complexity index is 458. The van der Waals surface area contributed by atoms with Gasteiger partial charge in [-0.05, 0) is 30.4 Å². The molecule has 2 nitrogen and oxygen atoms in total. The van der Waals surface area contributed by atoms with Gasteiger partial charge in [-0.3, -0.25) is 4.79 Å². The first-order chi connectivity index (χ1) is 9.61. The minimum absolute atomic E-state index is 0.221. The van der Waals surface area contributed by atoms with Crippen molar-refractivity contribution in [2.24, 2.45) is 5.92 Å². The summed E-state index contributed by atoms with van der Waals surface area (Å²) in [6, 6.07) is 9.62. The molecule has 20 heavy (non-hydrogen) atoms. The van der Waals surface area contributed by atoms with Gasteiger partial charge >= 0.3 is 5.97 Å². The largest absolute Gasteiger partial charge is 0.434 e. The fourth-order valence-electron chi connectivity index (χ4n) is 1.64. The zero-order chi connectivity index (χ0) is 14.8. The number of carbonyl (C=O) groups excluding carboxylic acids is 1. The summed E-state index contributed by atoms with van der Waals surface area (Å²) in [6.07, 6.45) is 8.17. The zero-order valence-electron chi connectivity index (χ0n) is 12.6. The molecule has 0 bridgehead atoms. The van der Waals surface area contributed by atoms with Crippen LogP contribution in [0.15, 0.2) is 54.3 Å². The van der Waals surface area contributed by atoms with Crippen molar-refractivity contribution in [2.45, 2.75) is 40.0 Å². The summed E-state index contributed by atoms with van der Waals surface area (Å²) in [5.74, 6) is 0.380. The lowest BCUT2D eigenvalue weighted by atomic mass is 10.1. The lowest BCUT2D eigenvalue weighted by molar-refractivity contribution is -0.137. The molecule has 0 radical (unpaired) electrons. The lowest BCUT2D eigenvalue weighted by Crippen LogP contribution is -2.04. The van der Waals surface area contributed by atoms with Crippen LogP contribution in [0.3, 0.4) is 0 Å². The third-order valence-corrected chi connectivity index (χ3v) is 3.13. The van der Waals surface area contributed by atoms with Crippen molar-refractivity contribution in [1.82, 2.24) is 0 Å². The number of rotatable bonds is 7. The standard InChI is InChI=1S/C18H24O2/c1-4-15(2)9-8-10-16(3)14-20-18(19)13-17-11-6-5-7-12-17/h5-9,11-12,14-15H,4,10,13H2,1-3H3/b9-8+,16-14+. The molecule has 0 saturated heterocycles. The topological polar surface area (TPSA) is 26.3 Å². The van der Waals surface area contributed by atoms with E-state index < -0.39 is 0 Å². The minimum atomic E-state index is -0.221. The summed E-state index contributed by atoms with van der Waals surface area (Å²) >= 11 is 0. The molecule has 0 aromatic heterocycles. The van der Waals surface area contributed by atoms with Gasteiger partial charge in [-0.15, -0.1) is 0 Å². The average molecular weight is 272 g/mol. The van der Waals surface area contributed by atoms with E-state index in [-0.39, 0.29) is 5.97 Å². The molecule has 0 N–H and O–H groups in total. The fraction of sp³-hybridized carbons (Fsp3) is 0.389. The van der Waals surface area contributed by atoms with Crippen LogP contribution in [-0.4, -0.2) is 5.97 Å². The van der Waals surface area contributed by atoms with Gasteiger partial charge in [0.1, 0.15) is 0 Å². The van der Waals surface area contributed by atoms with Gasteiger partial charge in [0.15, 0.2) is 0 Å². The second kappa shape index (κ2) is 9.13. The Morgan fingerprint density at radius 1 is 1.30 bits per heavy atom. The van der Waals surface area contributed by atoms with Gasteiger partial charge in [0.25, 0.3) is 0 Å². The Morgan fingerprint density at radius 3 is 2.65 bits per heavy atom. The Morgan fingerprint density at radius 2 is 2.00 bits per heavy atom. The van der Waals surface area contributed by atoms with Crippen LogP contribution in [0.2, 0.25) is 0 Å². The van der Waals surface area contributed by atoms with Gasteiger partial charge in [0.05, 0.1) is 12.7 Å². The van der Waals surface area contributed by atoms with E-state index in [1.54, 1.807) is 6.26 Å². The van der Waals surface area contributed by atoms with Crippen molar-refractivity contribution in [3.63, 3.8) is 0 Å². The molecule has 0 aliphatic heterocycles. The Balaban J connectivity index is 2.35. The summed E-state index contributed by atoms with van der Waals surface area (Å²) in [5, 5.41) is 0. The maximum atomic E-state index is 11.7.